The van der Waals surface area contributed by atoms with Gasteiger partial charge in [-0.2, -0.15) is 26.3 Å². The summed E-state index contributed by atoms with van der Waals surface area (Å²) in [6.07, 6.45) is -10.8. The van der Waals surface area contributed by atoms with E-state index in [1.54, 1.807) is 0 Å². The molecule has 0 amide bonds. The first-order valence-electron chi connectivity index (χ1n) is 8.75. The van der Waals surface area contributed by atoms with E-state index in [-0.39, 0.29) is 6.04 Å². The lowest BCUT2D eigenvalue weighted by Crippen LogP contribution is -2.53. The van der Waals surface area contributed by atoms with E-state index in [0.29, 0.717) is 36.7 Å². The van der Waals surface area contributed by atoms with Crippen LogP contribution in [0.2, 0.25) is 0 Å². The maximum Gasteiger partial charge on any atom is 0.430 e. The number of nitrogens with zero attached hydrogens (tertiary/aromatic N) is 1. The van der Waals surface area contributed by atoms with E-state index in [0.717, 1.165) is 11.6 Å². The number of rotatable bonds is 4. The second-order valence-electron chi connectivity index (χ2n) is 7.03. The fraction of sp³-hybridized carbons (Fsp3) is 0.400. The van der Waals surface area contributed by atoms with Crippen molar-refractivity contribution in [3.63, 3.8) is 0 Å². The number of hydrogen-bond donors (Lipinski definition) is 1. The fourth-order valence-electron chi connectivity index (χ4n) is 3.64. The minimum atomic E-state index is -5.88. The molecule has 0 spiro atoms. The van der Waals surface area contributed by atoms with Gasteiger partial charge < -0.3 is 10.0 Å². The number of aliphatic hydroxyl groups is 1. The van der Waals surface area contributed by atoms with Crippen LogP contribution in [0, 0.1) is 0 Å². The Morgan fingerprint density at radius 3 is 2.14 bits per heavy atom. The first kappa shape index (κ1) is 20.5. The molecule has 2 aromatic carbocycles. The van der Waals surface area contributed by atoms with Gasteiger partial charge in [-0.1, -0.05) is 42.5 Å². The van der Waals surface area contributed by atoms with Crippen LogP contribution >= 0.6 is 0 Å². The van der Waals surface area contributed by atoms with E-state index < -0.39 is 23.5 Å². The molecule has 3 rings (SSSR count). The molecule has 0 radical (unpaired) electrons. The van der Waals surface area contributed by atoms with Gasteiger partial charge in [-0.15, -0.1) is 0 Å². The van der Waals surface area contributed by atoms with Gasteiger partial charge in [0.1, 0.15) is 0 Å². The van der Waals surface area contributed by atoms with Crippen LogP contribution < -0.4 is 4.90 Å². The summed E-state index contributed by atoms with van der Waals surface area (Å²) in [5.41, 5.74) is -4.05. The normalized spacial score (nSPS) is 17.7. The lowest BCUT2D eigenvalue weighted by atomic mass is 9.90. The first-order chi connectivity index (χ1) is 12.9. The number of anilines is 1. The molecule has 1 atom stereocenters. The second kappa shape index (κ2) is 6.99. The van der Waals surface area contributed by atoms with Crippen molar-refractivity contribution in [3.8, 4) is 0 Å². The van der Waals surface area contributed by atoms with Gasteiger partial charge in [-0.05, 0) is 37.0 Å². The fourth-order valence-corrected chi connectivity index (χ4v) is 3.64. The summed E-state index contributed by atoms with van der Waals surface area (Å²) in [6, 6.07) is 12.3. The Bertz CT molecular complexity index is 817. The smallest absolute Gasteiger partial charge is 0.369 e. The van der Waals surface area contributed by atoms with Gasteiger partial charge in [0.25, 0.3) is 5.60 Å². The maximum absolute atomic E-state index is 13.1. The Hall–Kier alpha value is -2.22. The molecule has 0 bridgehead atoms. The SMILES string of the molecule is CC1Cc2cc(C(O)(C(F)(F)F)C(F)(F)F)ccc2N1CCc1ccccc1. The van der Waals surface area contributed by atoms with Crippen LogP contribution in [0.5, 0.6) is 0 Å². The molecule has 0 aliphatic carbocycles. The van der Waals surface area contributed by atoms with Crippen LogP contribution in [0.25, 0.3) is 0 Å². The average Bonchev–Trinajstić information content (AvgIpc) is 2.92. The Labute approximate surface area is 158 Å². The average molecular weight is 403 g/mol. The standard InChI is InChI=1S/C20H19F6NO/c1-13-11-15-12-16(18(28,19(21,22)23)20(24,25)26)7-8-17(15)27(13)10-9-14-5-3-2-4-6-14/h2-8,12-13,28H,9-11H2,1H3. The molecule has 1 aliphatic rings. The van der Waals surface area contributed by atoms with Gasteiger partial charge in [-0.25, -0.2) is 0 Å². The molecule has 0 fully saturated rings. The predicted octanol–water partition coefficient (Wildman–Crippen LogP) is 4.99. The molecule has 0 saturated heterocycles. The Morgan fingerprint density at radius 2 is 1.57 bits per heavy atom. The molecule has 1 aliphatic heterocycles. The Balaban J connectivity index is 1.91. The molecular formula is C20H19F6NO. The van der Waals surface area contributed by atoms with Crippen LogP contribution in [-0.4, -0.2) is 30.0 Å². The van der Waals surface area contributed by atoms with Crippen molar-refractivity contribution in [1.82, 2.24) is 0 Å². The van der Waals surface area contributed by atoms with E-state index in [1.165, 1.54) is 6.07 Å². The zero-order valence-electron chi connectivity index (χ0n) is 15.0. The van der Waals surface area contributed by atoms with Crippen molar-refractivity contribution in [2.45, 2.75) is 43.8 Å². The van der Waals surface area contributed by atoms with Crippen molar-refractivity contribution in [2.75, 3.05) is 11.4 Å². The number of alkyl halides is 6. The van der Waals surface area contributed by atoms with Crippen LogP contribution in [0.3, 0.4) is 0 Å². The summed E-state index contributed by atoms with van der Waals surface area (Å²) in [5.74, 6) is 0. The summed E-state index contributed by atoms with van der Waals surface area (Å²) in [4.78, 5) is 1.96. The lowest BCUT2D eigenvalue weighted by Gasteiger charge is -2.33. The molecular weight excluding hydrogens is 384 g/mol. The zero-order chi connectivity index (χ0) is 20.7. The van der Waals surface area contributed by atoms with E-state index in [4.69, 9.17) is 0 Å². The molecule has 2 aromatic rings. The molecule has 1 N–H and O–H groups in total. The van der Waals surface area contributed by atoms with E-state index in [2.05, 4.69) is 0 Å². The first-order valence-corrected chi connectivity index (χ1v) is 8.75. The zero-order valence-corrected chi connectivity index (χ0v) is 15.0. The number of hydrogen-bond acceptors (Lipinski definition) is 2. The van der Waals surface area contributed by atoms with Crippen LogP contribution in [-0.2, 0) is 18.4 Å². The molecule has 8 heteroatoms. The molecule has 152 valence electrons. The van der Waals surface area contributed by atoms with Gasteiger partial charge in [0.05, 0.1) is 0 Å². The second-order valence-corrected chi connectivity index (χ2v) is 7.03. The van der Waals surface area contributed by atoms with Crippen LogP contribution in [0.1, 0.15) is 23.6 Å². The number of halogens is 6. The molecule has 28 heavy (non-hydrogen) atoms. The largest absolute Gasteiger partial charge is 0.430 e. The molecule has 0 aromatic heterocycles. The molecule has 1 heterocycles. The third-order valence-electron chi connectivity index (χ3n) is 5.16. The summed E-state index contributed by atoms with van der Waals surface area (Å²) in [5, 5.41) is 9.61. The summed E-state index contributed by atoms with van der Waals surface area (Å²) >= 11 is 0. The maximum atomic E-state index is 13.1. The van der Waals surface area contributed by atoms with Crippen molar-refractivity contribution < 1.29 is 31.4 Å². The van der Waals surface area contributed by atoms with Gasteiger partial charge in [0.15, 0.2) is 0 Å². The number of fused-ring (bicyclic) bond motifs is 1. The van der Waals surface area contributed by atoms with Crippen LogP contribution in [0.15, 0.2) is 48.5 Å². The van der Waals surface area contributed by atoms with E-state index >= 15 is 0 Å². The lowest BCUT2D eigenvalue weighted by molar-refractivity contribution is -0.376. The summed E-state index contributed by atoms with van der Waals surface area (Å²) in [6.45, 7) is 2.45. The molecule has 0 saturated carbocycles. The third kappa shape index (κ3) is 3.45. The van der Waals surface area contributed by atoms with Gasteiger partial charge in [-0.3, -0.25) is 0 Å². The van der Waals surface area contributed by atoms with E-state index in [9.17, 15) is 31.4 Å². The van der Waals surface area contributed by atoms with Gasteiger partial charge in [0, 0.05) is 23.8 Å². The van der Waals surface area contributed by atoms with E-state index in [1.807, 2.05) is 42.2 Å². The number of benzene rings is 2. The predicted molar refractivity (Wildman–Crippen MR) is 93.1 cm³/mol. The Morgan fingerprint density at radius 1 is 0.964 bits per heavy atom. The van der Waals surface area contributed by atoms with Crippen molar-refractivity contribution >= 4 is 5.69 Å². The summed E-state index contributed by atoms with van der Waals surface area (Å²) in [7, 11) is 0. The summed E-state index contributed by atoms with van der Waals surface area (Å²) < 4.78 is 78.7. The Kier molecular flexibility index (Phi) is 5.12. The molecule has 1 unspecified atom stereocenters. The van der Waals surface area contributed by atoms with Crippen molar-refractivity contribution in [3.05, 3.63) is 65.2 Å². The third-order valence-corrected chi connectivity index (χ3v) is 5.16. The van der Waals surface area contributed by atoms with Gasteiger partial charge in [0.2, 0.25) is 0 Å². The van der Waals surface area contributed by atoms with Crippen LogP contribution in [0.4, 0.5) is 32.0 Å². The topological polar surface area (TPSA) is 23.5 Å². The highest BCUT2D eigenvalue weighted by molar-refractivity contribution is 5.61. The monoisotopic (exact) mass is 403 g/mol. The van der Waals surface area contributed by atoms with Crippen molar-refractivity contribution in [2.24, 2.45) is 0 Å². The highest BCUT2D eigenvalue weighted by atomic mass is 19.4. The highest BCUT2D eigenvalue weighted by Crippen LogP contribution is 2.51. The minimum Gasteiger partial charge on any atom is -0.369 e. The highest BCUT2D eigenvalue weighted by Gasteiger charge is 2.71. The minimum absolute atomic E-state index is 0.0705. The quantitative estimate of drug-likeness (QED) is 0.727. The van der Waals surface area contributed by atoms with Crippen molar-refractivity contribution in [1.29, 1.82) is 0 Å². The molecule has 2 nitrogen and oxygen atoms in total. The van der Waals surface area contributed by atoms with Gasteiger partial charge >= 0.3 is 12.4 Å².